The molecule has 2 amide bonds. The van der Waals surface area contributed by atoms with Crippen molar-refractivity contribution >= 4 is 29.9 Å². The summed E-state index contributed by atoms with van der Waals surface area (Å²) < 4.78 is 13.3. The molecule has 2 unspecified atom stereocenters. The molecule has 5 nitrogen and oxygen atoms in total. The summed E-state index contributed by atoms with van der Waals surface area (Å²) in [6, 6.07) is 4.18. The monoisotopic (exact) mass is 341 g/mol. The van der Waals surface area contributed by atoms with E-state index in [0.29, 0.717) is 30.9 Å². The highest BCUT2D eigenvalue weighted by atomic mass is 35.5. The molecular weight excluding hydrogens is 321 g/mol. The Hall–Kier alpha value is -1.66. The second kappa shape index (κ2) is 6.45. The minimum Gasteiger partial charge on any atom is -0.342 e. The van der Waals surface area contributed by atoms with Crippen molar-refractivity contribution in [1.29, 1.82) is 0 Å². The molecule has 0 saturated carbocycles. The predicted octanol–water partition coefficient (Wildman–Crippen LogP) is 1.87. The molecule has 126 valence electrons. The molecule has 0 aromatic heterocycles. The molecule has 3 N–H and O–H groups in total. The third-order valence-corrected chi connectivity index (χ3v) is 4.71. The summed E-state index contributed by atoms with van der Waals surface area (Å²) in [7, 11) is 0. The first kappa shape index (κ1) is 17.7. The molecule has 0 radical (unpaired) electrons. The van der Waals surface area contributed by atoms with Crippen LogP contribution in [-0.2, 0) is 9.59 Å². The molecule has 1 fully saturated rings. The average Bonchev–Trinajstić information content (AvgIpc) is 2.88. The molecule has 2 heterocycles. The van der Waals surface area contributed by atoms with Gasteiger partial charge in [0, 0.05) is 25.2 Å². The van der Waals surface area contributed by atoms with Crippen LogP contribution in [0.5, 0.6) is 0 Å². The van der Waals surface area contributed by atoms with Gasteiger partial charge in [0.25, 0.3) is 0 Å². The van der Waals surface area contributed by atoms with E-state index in [0.717, 1.165) is 6.42 Å². The van der Waals surface area contributed by atoms with Crippen molar-refractivity contribution in [2.45, 2.75) is 25.7 Å². The molecule has 0 spiro atoms. The van der Waals surface area contributed by atoms with E-state index in [4.69, 9.17) is 5.73 Å². The molecule has 2 aliphatic rings. The highest BCUT2D eigenvalue weighted by Gasteiger charge is 2.39. The minimum atomic E-state index is -0.538. The maximum Gasteiger partial charge on any atom is 0.230 e. The summed E-state index contributed by atoms with van der Waals surface area (Å²) >= 11 is 0. The van der Waals surface area contributed by atoms with Gasteiger partial charge in [0.05, 0.1) is 5.92 Å². The lowest BCUT2D eigenvalue weighted by Gasteiger charge is -2.29. The molecule has 3 rings (SSSR count). The fourth-order valence-electron chi connectivity index (χ4n) is 3.26. The zero-order valence-corrected chi connectivity index (χ0v) is 13.8. The van der Waals surface area contributed by atoms with Crippen LogP contribution in [0.15, 0.2) is 18.2 Å². The zero-order chi connectivity index (χ0) is 15.9. The Kier molecular flexibility index (Phi) is 4.96. The second-order valence-corrected chi connectivity index (χ2v) is 6.56. The van der Waals surface area contributed by atoms with E-state index in [1.54, 1.807) is 11.0 Å². The number of rotatable bonds is 2. The molecule has 0 bridgehead atoms. The van der Waals surface area contributed by atoms with Crippen molar-refractivity contribution in [1.82, 2.24) is 4.90 Å². The normalized spacial score (nSPS) is 26.3. The Morgan fingerprint density at radius 2 is 2.26 bits per heavy atom. The number of anilines is 1. The summed E-state index contributed by atoms with van der Waals surface area (Å²) in [6.45, 7) is 3.86. The van der Waals surface area contributed by atoms with Crippen molar-refractivity contribution in [3.63, 3.8) is 0 Å². The molecule has 1 saturated heterocycles. The lowest BCUT2D eigenvalue weighted by Crippen LogP contribution is -2.39. The smallest absolute Gasteiger partial charge is 0.230 e. The van der Waals surface area contributed by atoms with Crippen LogP contribution in [0, 0.1) is 11.2 Å². The summed E-state index contributed by atoms with van der Waals surface area (Å²) in [5.74, 6) is -1.29. The van der Waals surface area contributed by atoms with Crippen LogP contribution in [0.4, 0.5) is 10.1 Å². The van der Waals surface area contributed by atoms with Crippen LogP contribution in [0.2, 0.25) is 0 Å². The Labute approximate surface area is 140 Å². The third-order valence-electron chi connectivity index (χ3n) is 4.71. The predicted molar refractivity (Wildman–Crippen MR) is 88.0 cm³/mol. The number of carbonyl (C=O) groups is 2. The summed E-state index contributed by atoms with van der Waals surface area (Å²) in [5.41, 5.74) is 6.81. The summed E-state index contributed by atoms with van der Waals surface area (Å²) in [4.78, 5) is 26.4. The number of nitrogens with two attached hydrogens (primary N) is 1. The van der Waals surface area contributed by atoms with Gasteiger partial charge in [-0.3, -0.25) is 9.59 Å². The number of halogens is 2. The lowest BCUT2D eigenvalue weighted by atomic mass is 9.88. The number of amides is 2. The topological polar surface area (TPSA) is 75.4 Å². The average molecular weight is 342 g/mol. The molecule has 2 aliphatic heterocycles. The summed E-state index contributed by atoms with van der Waals surface area (Å²) in [6.07, 6.45) is 0.970. The minimum absolute atomic E-state index is 0. The standard InChI is InChI=1S/C16H20FN3O2.ClH/c1-16(8-18)4-5-20(9-16)15(22)12-7-14(21)19-13-6-10(17)2-3-11(12)13;/h2-3,6,12H,4-5,7-9,18H2,1H3,(H,19,21);1H. The lowest BCUT2D eigenvalue weighted by molar-refractivity contribution is -0.134. The Bertz CT molecular complexity index is 640. The van der Waals surface area contributed by atoms with E-state index in [1.165, 1.54) is 12.1 Å². The molecular formula is C16H21ClFN3O2. The number of hydrogen-bond donors (Lipinski definition) is 2. The van der Waals surface area contributed by atoms with E-state index >= 15 is 0 Å². The fraction of sp³-hybridized carbons (Fsp3) is 0.500. The van der Waals surface area contributed by atoms with Gasteiger partial charge in [-0.2, -0.15) is 0 Å². The van der Waals surface area contributed by atoms with Gasteiger partial charge in [-0.05, 0) is 36.1 Å². The van der Waals surface area contributed by atoms with Gasteiger partial charge in [0.2, 0.25) is 11.8 Å². The number of benzene rings is 1. The van der Waals surface area contributed by atoms with Crippen molar-refractivity contribution in [3.05, 3.63) is 29.6 Å². The molecule has 1 aromatic rings. The third kappa shape index (κ3) is 3.33. The van der Waals surface area contributed by atoms with Gasteiger partial charge < -0.3 is 16.0 Å². The highest BCUT2D eigenvalue weighted by molar-refractivity contribution is 6.01. The number of nitrogens with one attached hydrogen (secondary N) is 1. The number of likely N-dealkylation sites (tertiary alicyclic amines) is 1. The van der Waals surface area contributed by atoms with Gasteiger partial charge in [0.1, 0.15) is 5.82 Å². The van der Waals surface area contributed by atoms with Gasteiger partial charge in [-0.1, -0.05) is 13.0 Å². The van der Waals surface area contributed by atoms with Crippen LogP contribution in [0.1, 0.15) is 31.2 Å². The van der Waals surface area contributed by atoms with Crippen LogP contribution >= 0.6 is 12.4 Å². The van der Waals surface area contributed by atoms with Crippen molar-refractivity contribution < 1.29 is 14.0 Å². The van der Waals surface area contributed by atoms with E-state index in [9.17, 15) is 14.0 Å². The van der Waals surface area contributed by atoms with E-state index in [1.807, 2.05) is 0 Å². The largest absolute Gasteiger partial charge is 0.342 e. The fourth-order valence-corrected chi connectivity index (χ4v) is 3.26. The van der Waals surface area contributed by atoms with Crippen LogP contribution in [0.3, 0.4) is 0 Å². The van der Waals surface area contributed by atoms with Gasteiger partial charge in [-0.15, -0.1) is 12.4 Å². The molecule has 0 aliphatic carbocycles. The SMILES string of the molecule is CC1(CN)CCN(C(=O)C2CC(=O)Nc3cc(F)ccc32)C1.Cl. The van der Waals surface area contributed by atoms with Crippen molar-refractivity contribution in [2.75, 3.05) is 25.0 Å². The Balaban J connectivity index is 0.00000192. The zero-order valence-electron chi connectivity index (χ0n) is 13.0. The number of nitrogens with zero attached hydrogens (tertiary/aromatic N) is 1. The van der Waals surface area contributed by atoms with E-state index < -0.39 is 11.7 Å². The maximum absolute atomic E-state index is 13.3. The van der Waals surface area contributed by atoms with Gasteiger partial charge >= 0.3 is 0 Å². The van der Waals surface area contributed by atoms with Gasteiger partial charge in [0.15, 0.2) is 0 Å². The van der Waals surface area contributed by atoms with Crippen molar-refractivity contribution in [2.24, 2.45) is 11.1 Å². The first-order valence-corrected chi connectivity index (χ1v) is 7.50. The number of hydrogen-bond acceptors (Lipinski definition) is 3. The number of carbonyl (C=O) groups excluding carboxylic acids is 2. The number of fused-ring (bicyclic) bond motifs is 1. The van der Waals surface area contributed by atoms with Crippen LogP contribution in [0.25, 0.3) is 0 Å². The highest BCUT2D eigenvalue weighted by Crippen LogP contribution is 2.37. The van der Waals surface area contributed by atoms with Gasteiger partial charge in [-0.25, -0.2) is 4.39 Å². The Morgan fingerprint density at radius 1 is 1.52 bits per heavy atom. The first-order chi connectivity index (χ1) is 10.4. The Morgan fingerprint density at radius 3 is 2.91 bits per heavy atom. The molecule has 1 aromatic carbocycles. The summed E-state index contributed by atoms with van der Waals surface area (Å²) in [5, 5.41) is 2.63. The van der Waals surface area contributed by atoms with Crippen molar-refractivity contribution in [3.8, 4) is 0 Å². The van der Waals surface area contributed by atoms with E-state index in [2.05, 4.69) is 12.2 Å². The molecule has 2 atom stereocenters. The first-order valence-electron chi connectivity index (χ1n) is 7.50. The van der Waals surface area contributed by atoms with E-state index in [-0.39, 0.29) is 36.1 Å². The van der Waals surface area contributed by atoms with Crippen LogP contribution < -0.4 is 11.1 Å². The molecule has 23 heavy (non-hydrogen) atoms. The second-order valence-electron chi connectivity index (χ2n) is 6.56. The quantitative estimate of drug-likeness (QED) is 0.862. The maximum atomic E-state index is 13.3. The molecule has 7 heteroatoms. The van der Waals surface area contributed by atoms with Crippen LogP contribution in [-0.4, -0.2) is 36.3 Å².